The van der Waals surface area contributed by atoms with Crippen molar-refractivity contribution in [3.05, 3.63) is 64.7 Å². The van der Waals surface area contributed by atoms with Crippen LogP contribution in [0.25, 0.3) is 0 Å². The van der Waals surface area contributed by atoms with Crippen molar-refractivity contribution in [2.45, 2.75) is 33.5 Å². The van der Waals surface area contributed by atoms with Crippen LogP contribution in [0.5, 0.6) is 0 Å². The van der Waals surface area contributed by atoms with Gasteiger partial charge < -0.3 is 10.4 Å². The highest BCUT2D eigenvalue weighted by Gasteiger charge is 2.09. The standard InChI is InChI=1S/C18H20N6O3/c1-12-7-13(2)24(21-12)9-14-3-5-15(6-4-14)18(27)19-8-16-10-23(22-20-16)11-17(25)26/h3-7,10H,8-9,11H2,1-2H3,(H,19,27)(H,25,26). The molecular formula is C18H20N6O3. The molecule has 0 radical (unpaired) electrons. The quantitative estimate of drug-likeness (QED) is 0.647. The predicted octanol–water partition coefficient (Wildman–Crippen LogP) is 1.15. The van der Waals surface area contributed by atoms with Crippen LogP contribution in [0.3, 0.4) is 0 Å². The van der Waals surface area contributed by atoms with Crippen molar-refractivity contribution in [2.24, 2.45) is 0 Å². The molecule has 0 unspecified atom stereocenters. The van der Waals surface area contributed by atoms with Crippen LogP contribution in [0.2, 0.25) is 0 Å². The number of carbonyl (C=O) groups is 2. The molecule has 0 atom stereocenters. The largest absolute Gasteiger partial charge is 0.480 e. The number of nitrogens with zero attached hydrogens (tertiary/aromatic N) is 5. The van der Waals surface area contributed by atoms with Crippen LogP contribution in [0.15, 0.2) is 36.5 Å². The van der Waals surface area contributed by atoms with Crippen LogP contribution in [0.1, 0.15) is 33.0 Å². The zero-order valence-corrected chi connectivity index (χ0v) is 15.1. The van der Waals surface area contributed by atoms with Crippen molar-refractivity contribution in [1.29, 1.82) is 0 Å². The Kier molecular flexibility index (Phi) is 5.30. The molecule has 0 saturated heterocycles. The van der Waals surface area contributed by atoms with Gasteiger partial charge in [-0.05, 0) is 37.6 Å². The maximum atomic E-state index is 12.3. The van der Waals surface area contributed by atoms with Gasteiger partial charge in [0.2, 0.25) is 0 Å². The smallest absolute Gasteiger partial charge is 0.325 e. The zero-order chi connectivity index (χ0) is 19.4. The van der Waals surface area contributed by atoms with Crippen LogP contribution in [0.4, 0.5) is 0 Å². The lowest BCUT2D eigenvalue weighted by Crippen LogP contribution is -2.23. The highest BCUT2D eigenvalue weighted by Crippen LogP contribution is 2.09. The number of carboxylic acid groups (broad SMARTS) is 1. The molecule has 0 aliphatic rings. The van der Waals surface area contributed by atoms with Gasteiger partial charge >= 0.3 is 5.97 Å². The van der Waals surface area contributed by atoms with E-state index in [0.717, 1.165) is 17.0 Å². The van der Waals surface area contributed by atoms with Crippen molar-refractivity contribution in [3.63, 3.8) is 0 Å². The average Bonchev–Trinajstić information content (AvgIpc) is 3.18. The summed E-state index contributed by atoms with van der Waals surface area (Å²) in [6, 6.07) is 9.34. The monoisotopic (exact) mass is 368 g/mol. The Morgan fingerprint density at radius 1 is 1.19 bits per heavy atom. The SMILES string of the molecule is Cc1cc(C)n(Cc2ccc(C(=O)NCc3cn(CC(=O)O)nn3)cc2)n1. The highest BCUT2D eigenvalue weighted by atomic mass is 16.4. The van der Waals surface area contributed by atoms with E-state index in [1.54, 1.807) is 12.1 Å². The molecule has 2 aromatic heterocycles. The van der Waals surface area contributed by atoms with Crippen LogP contribution in [-0.4, -0.2) is 41.8 Å². The second-order valence-corrected chi connectivity index (χ2v) is 6.27. The van der Waals surface area contributed by atoms with Gasteiger partial charge in [0.15, 0.2) is 0 Å². The number of rotatable bonds is 7. The number of carboxylic acids is 1. The van der Waals surface area contributed by atoms with E-state index in [9.17, 15) is 9.59 Å². The van der Waals surface area contributed by atoms with Crippen LogP contribution in [-0.2, 0) is 24.4 Å². The molecule has 0 bridgehead atoms. The van der Waals surface area contributed by atoms with Gasteiger partial charge in [-0.1, -0.05) is 17.3 Å². The molecule has 9 heteroatoms. The minimum absolute atomic E-state index is 0.173. The summed E-state index contributed by atoms with van der Waals surface area (Å²) in [7, 11) is 0. The molecule has 3 aromatic rings. The predicted molar refractivity (Wildman–Crippen MR) is 96.1 cm³/mol. The lowest BCUT2D eigenvalue weighted by molar-refractivity contribution is -0.137. The molecule has 0 spiro atoms. The Bertz CT molecular complexity index is 958. The summed E-state index contributed by atoms with van der Waals surface area (Å²) in [4.78, 5) is 22.9. The molecule has 0 aliphatic heterocycles. The van der Waals surface area contributed by atoms with Crippen molar-refractivity contribution in [2.75, 3.05) is 0 Å². The zero-order valence-electron chi connectivity index (χ0n) is 15.1. The maximum absolute atomic E-state index is 12.3. The lowest BCUT2D eigenvalue weighted by Gasteiger charge is -2.07. The molecular weight excluding hydrogens is 348 g/mol. The fourth-order valence-corrected chi connectivity index (χ4v) is 2.68. The number of carbonyl (C=O) groups excluding carboxylic acids is 1. The average molecular weight is 368 g/mol. The Balaban J connectivity index is 1.56. The van der Waals surface area contributed by atoms with Crippen LogP contribution in [0, 0.1) is 13.8 Å². The Morgan fingerprint density at radius 2 is 1.93 bits per heavy atom. The minimum atomic E-state index is -1.00. The second kappa shape index (κ2) is 7.81. The summed E-state index contributed by atoms with van der Waals surface area (Å²) in [6.07, 6.45) is 1.49. The molecule has 9 nitrogen and oxygen atoms in total. The highest BCUT2D eigenvalue weighted by molar-refractivity contribution is 5.94. The first-order valence-electron chi connectivity index (χ1n) is 8.39. The topological polar surface area (TPSA) is 115 Å². The first-order chi connectivity index (χ1) is 12.9. The number of aromatic nitrogens is 5. The summed E-state index contributed by atoms with van der Waals surface area (Å²) in [5, 5.41) is 23.4. The number of amides is 1. The van der Waals surface area contributed by atoms with Crippen LogP contribution < -0.4 is 5.32 Å². The molecule has 0 fully saturated rings. The molecule has 1 amide bonds. The van der Waals surface area contributed by atoms with Gasteiger partial charge in [0.1, 0.15) is 12.2 Å². The normalized spacial score (nSPS) is 10.7. The minimum Gasteiger partial charge on any atom is -0.480 e. The van der Waals surface area contributed by atoms with E-state index in [1.165, 1.54) is 10.9 Å². The summed E-state index contributed by atoms with van der Waals surface area (Å²) < 4.78 is 3.13. The summed E-state index contributed by atoms with van der Waals surface area (Å²) in [5.41, 5.74) is 4.14. The van der Waals surface area contributed by atoms with E-state index in [0.29, 0.717) is 17.8 Å². The number of hydrogen-bond donors (Lipinski definition) is 2. The third kappa shape index (κ3) is 4.78. The number of aryl methyl sites for hydroxylation is 2. The summed E-state index contributed by atoms with van der Waals surface area (Å²) >= 11 is 0. The molecule has 140 valence electrons. The molecule has 27 heavy (non-hydrogen) atoms. The van der Waals surface area contributed by atoms with Crippen molar-refractivity contribution >= 4 is 11.9 Å². The van der Waals surface area contributed by atoms with E-state index in [-0.39, 0.29) is 19.0 Å². The first kappa shape index (κ1) is 18.3. The molecule has 1 aromatic carbocycles. The maximum Gasteiger partial charge on any atom is 0.325 e. The van der Waals surface area contributed by atoms with Gasteiger partial charge in [0, 0.05) is 11.3 Å². The number of hydrogen-bond acceptors (Lipinski definition) is 5. The van der Waals surface area contributed by atoms with Gasteiger partial charge in [0.25, 0.3) is 5.91 Å². The molecule has 2 heterocycles. The van der Waals surface area contributed by atoms with Gasteiger partial charge in [-0.3, -0.25) is 14.3 Å². The Labute approximate surface area is 155 Å². The Hall–Kier alpha value is -3.49. The Morgan fingerprint density at radius 3 is 2.56 bits per heavy atom. The van der Waals surface area contributed by atoms with E-state index >= 15 is 0 Å². The van der Waals surface area contributed by atoms with Crippen LogP contribution >= 0.6 is 0 Å². The third-order valence-corrected chi connectivity index (χ3v) is 3.97. The van der Waals surface area contributed by atoms with E-state index < -0.39 is 5.97 Å². The van der Waals surface area contributed by atoms with E-state index in [4.69, 9.17) is 5.11 Å². The van der Waals surface area contributed by atoms with E-state index in [1.807, 2.05) is 36.7 Å². The third-order valence-electron chi connectivity index (χ3n) is 3.97. The fraction of sp³-hybridized carbons (Fsp3) is 0.278. The molecule has 2 N–H and O–H groups in total. The molecule has 0 aliphatic carbocycles. The van der Waals surface area contributed by atoms with Crippen molar-refractivity contribution < 1.29 is 14.7 Å². The van der Waals surface area contributed by atoms with Gasteiger partial charge in [-0.25, -0.2) is 4.68 Å². The molecule has 3 rings (SSSR count). The van der Waals surface area contributed by atoms with E-state index in [2.05, 4.69) is 20.7 Å². The number of nitrogens with one attached hydrogen (secondary N) is 1. The van der Waals surface area contributed by atoms with Gasteiger partial charge in [-0.15, -0.1) is 5.10 Å². The first-order valence-corrected chi connectivity index (χ1v) is 8.39. The second-order valence-electron chi connectivity index (χ2n) is 6.27. The number of benzene rings is 1. The van der Waals surface area contributed by atoms with Gasteiger partial charge in [-0.2, -0.15) is 5.10 Å². The summed E-state index contributed by atoms with van der Waals surface area (Å²) in [5.74, 6) is -1.24. The lowest BCUT2D eigenvalue weighted by atomic mass is 10.1. The van der Waals surface area contributed by atoms with Crippen molar-refractivity contribution in [3.8, 4) is 0 Å². The fourth-order valence-electron chi connectivity index (χ4n) is 2.68. The molecule has 0 saturated carbocycles. The number of aliphatic carboxylic acids is 1. The summed E-state index contributed by atoms with van der Waals surface area (Å²) in [6.45, 7) is 4.52. The van der Waals surface area contributed by atoms with Crippen molar-refractivity contribution in [1.82, 2.24) is 30.1 Å². The van der Waals surface area contributed by atoms with Gasteiger partial charge in [0.05, 0.1) is 25.0 Å².